The van der Waals surface area contributed by atoms with Gasteiger partial charge >= 0.3 is 6.09 Å². The van der Waals surface area contributed by atoms with Crippen molar-refractivity contribution in [3.63, 3.8) is 0 Å². The van der Waals surface area contributed by atoms with E-state index in [9.17, 15) is 14.0 Å². The predicted molar refractivity (Wildman–Crippen MR) is 61.0 cm³/mol. The van der Waals surface area contributed by atoms with Gasteiger partial charge in [0, 0.05) is 6.42 Å². The van der Waals surface area contributed by atoms with Crippen LogP contribution in [0.4, 0.5) is 9.18 Å². The zero-order valence-electron chi connectivity index (χ0n) is 10.8. The van der Waals surface area contributed by atoms with Crippen LogP contribution < -0.4 is 0 Å². The van der Waals surface area contributed by atoms with Gasteiger partial charge in [0.2, 0.25) is 0 Å². The van der Waals surface area contributed by atoms with Crippen LogP contribution in [0.5, 0.6) is 0 Å². The minimum absolute atomic E-state index is 0.00307. The van der Waals surface area contributed by atoms with Crippen LogP contribution in [0, 0.1) is 0 Å². The van der Waals surface area contributed by atoms with Gasteiger partial charge < -0.3 is 9.47 Å². The lowest BCUT2D eigenvalue weighted by molar-refractivity contribution is -0.145. The molecule has 2 rings (SSSR count). The molecule has 0 aromatic carbocycles. The van der Waals surface area contributed by atoms with Crippen LogP contribution in [0.1, 0.15) is 27.2 Å². The number of alkyl halides is 1. The summed E-state index contributed by atoms with van der Waals surface area (Å²) in [6.45, 7) is 5.55. The molecule has 0 spiro atoms. The fourth-order valence-corrected chi connectivity index (χ4v) is 2.30. The molecule has 102 valence electrons. The first-order valence-electron chi connectivity index (χ1n) is 6.05. The van der Waals surface area contributed by atoms with E-state index in [1.807, 2.05) is 0 Å². The van der Waals surface area contributed by atoms with E-state index in [1.54, 1.807) is 20.8 Å². The Labute approximate surface area is 105 Å². The Balaban J connectivity index is 2.16. The molecule has 5 nitrogen and oxygen atoms in total. The van der Waals surface area contributed by atoms with Crippen molar-refractivity contribution >= 4 is 11.9 Å². The van der Waals surface area contributed by atoms with Crippen molar-refractivity contribution in [1.82, 2.24) is 4.90 Å². The van der Waals surface area contributed by atoms with Gasteiger partial charge in [-0.3, -0.25) is 9.69 Å². The summed E-state index contributed by atoms with van der Waals surface area (Å²) in [6.07, 6.45) is -2.25. The first-order valence-corrected chi connectivity index (χ1v) is 6.05. The highest BCUT2D eigenvalue weighted by Crippen LogP contribution is 2.29. The maximum Gasteiger partial charge on any atom is 0.411 e. The van der Waals surface area contributed by atoms with Crippen LogP contribution in [0.3, 0.4) is 0 Å². The van der Waals surface area contributed by atoms with Crippen molar-refractivity contribution in [2.75, 3.05) is 13.2 Å². The highest BCUT2D eigenvalue weighted by atomic mass is 19.1. The van der Waals surface area contributed by atoms with Crippen LogP contribution in [0.25, 0.3) is 0 Å². The molecule has 2 heterocycles. The summed E-state index contributed by atoms with van der Waals surface area (Å²) < 4.78 is 24.3. The molecule has 0 aromatic heterocycles. The molecule has 6 heteroatoms. The third-order valence-electron chi connectivity index (χ3n) is 3.04. The number of ketones is 1. The topological polar surface area (TPSA) is 55.8 Å². The van der Waals surface area contributed by atoms with Gasteiger partial charge in [0.1, 0.15) is 5.60 Å². The first-order chi connectivity index (χ1) is 8.29. The number of Topliss-reactive ketones (excluding diaryl/α,β-unsaturated/α-hetero) is 1. The molecule has 2 aliphatic heterocycles. The summed E-state index contributed by atoms with van der Waals surface area (Å²) in [7, 11) is 0. The average Bonchev–Trinajstić information content (AvgIpc) is 2.23. The van der Waals surface area contributed by atoms with E-state index in [0.29, 0.717) is 0 Å². The van der Waals surface area contributed by atoms with E-state index < -0.39 is 35.7 Å². The smallest absolute Gasteiger partial charge is 0.411 e. The molecule has 0 saturated carbocycles. The van der Waals surface area contributed by atoms with Crippen molar-refractivity contribution in [3.8, 4) is 0 Å². The minimum atomic E-state index is -1.67. The Kier molecular flexibility index (Phi) is 3.31. The summed E-state index contributed by atoms with van der Waals surface area (Å²) >= 11 is 0. The molecule has 2 fully saturated rings. The second-order valence-electron chi connectivity index (χ2n) is 5.72. The Hall–Kier alpha value is -1.17. The van der Waals surface area contributed by atoms with Crippen molar-refractivity contribution in [1.29, 1.82) is 0 Å². The summed E-state index contributed by atoms with van der Waals surface area (Å²) in [6, 6.07) is -1.25. The van der Waals surface area contributed by atoms with E-state index in [4.69, 9.17) is 9.47 Å². The summed E-state index contributed by atoms with van der Waals surface area (Å²) in [5.74, 6) is -0.451. The van der Waals surface area contributed by atoms with E-state index in [0.717, 1.165) is 0 Å². The summed E-state index contributed by atoms with van der Waals surface area (Å²) in [4.78, 5) is 24.8. The van der Waals surface area contributed by atoms with Crippen molar-refractivity contribution in [2.24, 2.45) is 0 Å². The van der Waals surface area contributed by atoms with Gasteiger partial charge in [0.05, 0.1) is 25.3 Å². The lowest BCUT2D eigenvalue weighted by Gasteiger charge is -2.46. The first kappa shape index (κ1) is 13.3. The molecular weight excluding hydrogens is 241 g/mol. The maximum absolute atomic E-state index is 13.8. The van der Waals surface area contributed by atoms with Crippen LogP contribution >= 0.6 is 0 Å². The second kappa shape index (κ2) is 4.50. The number of piperidine rings is 1. The Bertz CT molecular complexity index is 366. The molecule has 2 bridgehead atoms. The van der Waals surface area contributed by atoms with Gasteiger partial charge in [-0.25, -0.2) is 9.18 Å². The van der Waals surface area contributed by atoms with E-state index >= 15 is 0 Å². The van der Waals surface area contributed by atoms with Crippen molar-refractivity contribution in [2.45, 2.75) is 51.0 Å². The number of carbonyl (C=O) groups is 2. The third kappa shape index (κ3) is 2.48. The number of nitrogens with zero attached hydrogens (tertiary/aromatic N) is 1. The predicted octanol–water partition coefficient (Wildman–Crippen LogP) is 1.30. The van der Waals surface area contributed by atoms with Gasteiger partial charge in [0.15, 0.2) is 12.0 Å². The van der Waals surface area contributed by atoms with Crippen LogP contribution in [0.15, 0.2) is 0 Å². The van der Waals surface area contributed by atoms with E-state index in [1.165, 1.54) is 4.90 Å². The number of morpholine rings is 1. The normalized spacial score (nSPS) is 32.3. The fourth-order valence-electron chi connectivity index (χ4n) is 2.30. The summed E-state index contributed by atoms with van der Waals surface area (Å²) in [5, 5.41) is 0. The Morgan fingerprint density at radius 1 is 1.44 bits per heavy atom. The van der Waals surface area contributed by atoms with Gasteiger partial charge in [-0.05, 0) is 20.8 Å². The maximum atomic E-state index is 13.8. The number of halogens is 1. The molecule has 0 aromatic rings. The number of hydrogen-bond donors (Lipinski definition) is 0. The van der Waals surface area contributed by atoms with Crippen LogP contribution in [-0.4, -0.2) is 53.8 Å². The molecule has 0 aliphatic carbocycles. The number of amides is 1. The number of rotatable bonds is 0. The largest absolute Gasteiger partial charge is 0.444 e. The third-order valence-corrected chi connectivity index (χ3v) is 3.04. The zero-order valence-corrected chi connectivity index (χ0v) is 10.8. The SMILES string of the molecule is CC(C)(C)OC(=O)N1C2COCC1C(F)C(=O)C2. The quantitative estimate of drug-likeness (QED) is 0.658. The molecule has 2 saturated heterocycles. The molecule has 3 atom stereocenters. The van der Waals surface area contributed by atoms with E-state index in [-0.39, 0.29) is 19.6 Å². The highest BCUT2D eigenvalue weighted by molar-refractivity contribution is 5.87. The standard InChI is InChI=1S/C12H18FNO4/c1-12(2,3)18-11(16)14-7-4-9(15)10(13)8(14)6-17-5-7/h7-8,10H,4-6H2,1-3H3. The molecule has 0 N–H and O–H groups in total. The zero-order chi connectivity index (χ0) is 13.5. The van der Waals surface area contributed by atoms with Crippen LogP contribution in [0.2, 0.25) is 0 Å². The van der Waals surface area contributed by atoms with E-state index in [2.05, 4.69) is 0 Å². The lowest BCUT2D eigenvalue weighted by atomic mass is 9.92. The fraction of sp³-hybridized carbons (Fsp3) is 0.833. The second-order valence-corrected chi connectivity index (χ2v) is 5.72. The lowest BCUT2D eigenvalue weighted by Crippen LogP contribution is -2.64. The van der Waals surface area contributed by atoms with Gasteiger partial charge in [0.25, 0.3) is 0 Å². The number of hydrogen-bond acceptors (Lipinski definition) is 4. The molecule has 0 radical (unpaired) electrons. The van der Waals surface area contributed by atoms with Crippen molar-refractivity contribution in [3.05, 3.63) is 0 Å². The van der Waals surface area contributed by atoms with Crippen LogP contribution in [-0.2, 0) is 14.3 Å². The molecule has 1 amide bonds. The number of carbonyl (C=O) groups excluding carboxylic acids is 2. The molecule has 18 heavy (non-hydrogen) atoms. The minimum Gasteiger partial charge on any atom is -0.444 e. The number of ether oxygens (including phenoxy) is 2. The molecule has 3 unspecified atom stereocenters. The van der Waals surface area contributed by atoms with Gasteiger partial charge in [-0.2, -0.15) is 0 Å². The van der Waals surface area contributed by atoms with Crippen molar-refractivity contribution < 1.29 is 23.5 Å². The Morgan fingerprint density at radius 2 is 2.11 bits per heavy atom. The average molecular weight is 259 g/mol. The molecular formula is C12H18FNO4. The Morgan fingerprint density at radius 3 is 2.72 bits per heavy atom. The van der Waals surface area contributed by atoms with Gasteiger partial charge in [-0.15, -0.1) is 0 Å². The van der Waals surface area contributed by atoms with Gasteiger partial charge in [-0.1, -0.05) is 0 Å². The number of fused-ring (bicyclic) bond motifs is 2. The summed E-state index contributed by atoms with van der Waals surface area (Å²) in [5.41, 5.74) is -0.639. The monoisotopic (exact) mass is 259 g/mol. The molecule has 2 aliphatic rings. The highest BCUT2D eigenvalue weighted by Gasteiger charge is 2.49.